The quantitative estimate of drug-likeness (QED) is 0.587. The molecule has 0 radical (unpaired) electrons. The van der Waals surface area contributed by atoms with E-state index < -0.39 is 18.9 Å². The van der Waals surface area contributed by atoms with Gasteiger partial charge in [0.1, 0.15) is 0 Å². The highest BCUT2D eigenvalue weighted by Gasteiger charge is 2.40. The first-order valence-electron chi connectivity index (χ1n) is 5.81. The van der Waals surface area contributed by atoms with Gasteiger partial charge in [-0.25, -0.2) is 8.78 Å². The third kappa shape index (κ3) is 4.28. The Labute approximate surface area is 93.6 Å². The van der Waals surface area contributed by atoms with Gasteiger partial charge in [-0.05, 0) is 25.2 Å². The molecule has 0 spiro atoms. The lowest BCUT2D eigenvalue weighted by Gasteiger charge is -2.21. The van der Waals surface area contributed by atoms with Crippen LogP contribution in [0.15, 0.2) is 0 Å². The Bertz CT molecular complexity index is 208. The van der Waals surface area contributed by atoms with Gasteiger partial charge in [0, 0.05) is 6.04 Å². The van der Waals surface area contributed by atoms with Gasteiger partial charge in [0.05, 0.1) is 6.54 Å². The van der Waals surface area contributed by atoms with Gasteiger partial charge in [-0.15, -0.1) is 0 Å². The molecule has 2 atom stereocenters. The lowest BCUT2D eigenvalue weighted by molar-refractivity contribution is -0.126. The monoisotopic (exact) mass is 241 g/mol. The minimum absolute atomic E-state index is 0.0328. The highest BCUT2D eigenvalue weighted by Crippen LogP contribution is 2.25. The number of rotatable bonds is 4. The number of alkyl halides is 4. The van der Waals surface area contributed by atoms with Gasteiger partial charge < -0.3 is 5.32 Å². The smallest absolute Gasteiger partial charge is 0.308 e. The molecule has 1 N–H and O–H groups in total. The minimum atomic E-state index is -3.90. The first-order valence-corrected chi connectivity index (χ1v) is 5.81. The molecule has 1 aliphatic rings. The summed E-state index contributed by atoms with van der Waals surface area (Å²) in [5.74, 6) is -3.29. The number of halogens is 4. The van der Waals surface area contributed by atoms with E-state index in [0.29, 0.717) is 5.92 Å². The van der Waals surface area contributed by atoms with Crippen molar-refractivity contribution in [2.75, 3.05) is 6.54 Å². The predicted octanol–water partition coefficient (Wildman–Crippen LogP) is 3.45. The van der Waals surface area contributed by atoms with Gasteiger partial charge in [0.15, 0.2) is 0 Å². The molecular formula is C11H19F4N. The van der Waals surface area contributed by atoms with Crippen LogP contribution in [0.5, 0.6) is 0 Å². The molecule has 0 aliphatic heterocycles. The molecule has 0 aromatic rings. The van der Waals surface area contributed by atoms with Crippen molar-refractivity contribution in [3.8, 4) is 0 Å². The predicted molar refractivity (Wildman–Crippen MR) is 55.0 cm³/mol. The first-order chi connectivity index (χ1) is 7.42. The van der Waals surface area contributed by atoms with Crippen LogP contribution >= 0.6 is 0 Å². The van der Waals surface area contributed by atoms with E-state index >= 15 is 0 Å². The topological polar surface area (TPSA) is 12.0 Å². The van der Waals surface area contributed by atoms with Crippen LogP contribution < -0.4 is 5.32 Å². The molecular weight excluding hydrogens is 222 g/mol. The molecule has 1 rings (SSSR count). The maximum absolute atomic E-state index is 12.7. The van der Waals surface area contributed by atoms with Crippen molar-refractivity contribution in [2.24, 2.45) is 5.92 Å². The second-order valence-electron chi connectivity index (χ2n) is 4.75. The minimum Gasteiger partial charge on any atom is -0.308 e. The molecule has 0 heterocycles. The summed E-state index contributed by atoms with van der Waals surface area (Å²) in [5.41, 5.74) is 0. The Morgan fingerprint density at radius 1 is 1.19 bits per heavy atom. The molecule has 96 valence electrons. The molecule has 0 aromatic carbocycles. The Hall–Kier alpha value is -0.320. The van der Waals surface area contributed by atoms with Crippen molar-refractivity contribution in [1.82, 2.24) is 5.32 Å². The average Bonchev–Trinajstić information content (AvgIpc) is 2.40. The summed E-state index contributed by atoms with van der Waals surface area (Å²) in [6.07, 6.45) is 1.11. The molecule has 5 heteroatoms. The standard InChI is InChI=1S/C11H19F4N/c1-8-3-2-4-9(6-5-8)16-7-11(14,15)10(12)13/h8-10,16H,2-7H2,1H3. The molecule has 0 aromatic heterocycles. The fraction of sp³-hybridized carbons (Fsp3) is 1.00. The molecule has 0 saturated heterocycles. The Kier molecular flexibility index (Phi) is 5.02. The van der Waals surface area contributed by atoms with Gasteiger partial charge in [0.25, 0.3) is 0 Å². The summed E-state index contributed by atoms with van der Waals surface area (Å²) in [6, 6.07) is -0.0328. The van der Waals surface area contributed by atoms with Gasteiger partial charge >= 0.3 is 12.3 Å². The molecule has 0 bridgehead atoms. The summed E-state index contributed by atoms with van der Waals surface area (Å²) in [7, 11) is 0. The third-order valence-electron chi connectivity index (χ3n) is 3.20. The van der Waals surface area contributed by atoms with Crippen LogP contribution in [0.2, 0.25) is 0 Å². The second-order valence-corrected chi connectivity index (χ2v) is 4.75. The van der Waals surface area contributed by atoms with Crippen LogP contribution in [-0.4, -0.2) is 24.9 Å². The van der Waals surface area contributed by atoms with E-state index in [-0.39, 0.29) is 6.04 Å². The maximum atomic E-state index is 12.7. The molecule has 16 heavy (non-hydrogen) atoms. The van der Waals surface area contributed by atoms with Crippen molar-refractivity contribution < 1.29 is 17.6 Å². The van der Waals surface area contributed by atoms with Gasteiger partial charge in [-0.2, -0.15) is 8.78 Å². The van der Waals surface area contributed by atoms with Gasteiger partial charge in [-0.3, -0.25) is 0 Å². The van der Waals surface area contributed by atoms with Crippen molar-refractivity contribution in [2.45, 2.75) is 57.4 Å². The lowest BCUT2D eigenvalue weighted by atomic mass is 10.0. The summed E-state index contributed by atoms with van der Waals surface area (Å²) in [4.78, 5) is 0. The second kappa shape index (κ2) is 5.84. The fourth-order valence-corrected chi connectivity index (χ4v) is 2.05. The van der Waals surface area contributed by atoms with Crippen LogP contribution in [0.1, 0.15) is 39.0 Å². The van der Waals surface area contributed by atoms with Crippen molar-refractivity contribution >= 4 is 0 Å². The van der Waals surface area contributed by atoms with Gasteiger partial charge in [0.2, 0.25) is 0 Å². The van der Waals surface area contributed by atoms with Crippen LogP contribution in [0, 0.1) is 5.92 Å². The van der Waals surface area contributed by atoms with Crippen LogP contribution in [0.25, 0.3) is 0 Å². The molecule has 1 aliphatic carbocycles. The van der Waals surface area contributed by atoms with E-state index in [1.54, 1.807) is 0 Å². The van der Waals surface area contributed by atoms with Crippen LogP contribution in [0.3, 0.4) is 0 Å². The Morgan fingerprint density at radius 3 is 2.50 bits per heavy atom. The maximum Gasteiger partial charge on any atom is 0.319 e. The van der Waals surface area contributed by atoms with Crippen molar-refractivity contribution in [3.05, 3.63) is 0 Å². The van der Waals surface area contributed by atoms with E-state index in [4.69, 9.17) is 0 Å². The van der Waals surface area contributed by atoms with Gasteiger partial charge in [-0.1, -0.05) is 19.8 Å². The van der Waals surface area contributed by atoms with Crippen molar-refractivity contribution in [1.29, 1.82) is 0 Å². The molecule has 2 unspecified atom stereocenters. The highest BCUT2D eigenvalue weighted by molar-refractivity contribution is 4.78. The summed E-state index contributed by atoms with van der Waals surface area (Å²) >= 11 is 0. The van der Waals surface area contributed by atoms with E-state index in [2.05, 4.69) is 12.2 Å². The van der Waals surface area contributed by atoms with E-state index in [1.165, 1.54) is 0 Å². The summed E-state index contributed by atoms with van der Waals surface area (Å²) in [6.45, 7) is 1.22. The van der Waals surface area contributed by atoms with E-state index in [9.17, 15) is 17.6 Å². The first kappa shape index (κ1) is 13.7. The molecule has 1 fully saturated rings. The third-order valence-corrected chi connectivity index (χ3v) is 3.20. The van der Waals surface area contributed by atoms with E-state index in [1.807, 2.05) is 0 Å². The summed E-state index contributed by atoms with van der Waals surface area (Å²) < 4.78 is 49.2. The van der Waals surface area contributed by atoms with Crippen LogP contribution in [0.4, 0.5) is 17.6 Å². The zero-order valence-electron chi connectivity index (χ0n) is 9.49. The average molecular weight is 241 g/mol. The normalized spacial score (nSPS) is 28.1. The molecule has 1 nitrogen and oxygen atoms in total. The number of nitrogens with one attached hydrogen (secondary N) is 1. The SMILES string of the molecule is CC1CCCC(NCC(F)(F)C(F)F)CC1. The van der Waals surface area contributed by atoms with Crippen molar-refractivity contribution in [3.63, 3.8) is 0 Å². The summed E-state index contributed by atoms with van der Waals surface area (Å²) in [5, 5.41) is 2.57. The zero-order valence-corrected chi connectivity index (χ0v) is 9.49. The van der Waals surface area contributed by atoms with E-state index in [0.717, 1.165) is 32.1 Å². The molecule has 0 amide bonds. The fourth-order valence-electron chi connectivity index (χ4n) is 2.05. The molecule has 1 saturated carbocycles. The van der Waals surface area contributed by atoms with Crippen LogP contribution in [-0.2, 0) is 0 Å². The zero-order chi connectivity index (χ0) is 12.2. The number of hydrogen-bond acceptors (Lipinski definition) is 1. The number of hydrogen-bond donors (Lipinski definition) is 1. The Morgan fingerprint density at radius 2 is 1.88 bits per heavy atom. The largest absolute Gasteiger partial charge is 0.319 e. The highest BCUT2D eigenvalue weighted by atomic mass is 19.3. The lowest BCUT2D eigenvalue weighted by Crippen LogP contribution is -2.43. The Balaban J connectivity index is 2.32.